The molecule has 1 unspecified atom stereocenters. The van der Waals surface area contributed by atoms with E-state index in [9.17, 15) is 0 Å². The molecule has 0 aromatic rings. The molecule has 0 saturated carbocycles. The lowest BCUT2D eigenvalue weighted by Crippen LogP contribution is -2.47. The van der Waals surface area contributed by atoms with Gasteiger partial charge in [-0.05, 0) is 33.0 Å². The minimum absolute atomic E-state index is 0.347. The van der Waals surface area contributed by atoms with Gasteiger partial charge in [0.25, 0.3) is 0 Å². The maximum absolute atomic E-state index is 5.96. The van der Waals surface area contributed by atoms with Crippen molar-refractivity contribution >= 4 is 0 Å². The van der Waals surface area contributed by atoms with Crippen LogP contribution in [0.4, 0.5) is 0 Å². The minimum atomic E-state index is 0.347. The van der Waals surface area contributed by atoms with E-state index in [1.165, 1.54) is 25.9 Å². The molecule has 2 aliphatic rings. The standard InChI is InChI=1S/C10H22N4/c1-12-5-3-10(4-6-12)14-8-9(11)7-13(14)2/h9-10H,3-8,11H2,1-2H3. The van der Waals surface area contributed by atoms with Crippen LogP contribution in [0, 0.1) is 0 Å². The van der Waals surface area contributed by atoms with Crippen LogP contribution in [-0.4, -0.2) is 67.3 Å². The second-order valence-electron chi connectivity index (χ2n) is 4.76. The highest BCUT2D eigenvalue weighted by Gasteiger charge is 2.32. The van der Waals surface area contributed by atoms with E-state index in [0.29, 0.717) is 6.04 Å². The van der Waals surface area contributed by atoms with E-state index in [2.05, 4.69) is 29.0 Å². The van der Waals surface area contributed by atoms with Crippen LogP contribution in [0.15, 0.2) is 0 Å². The molecule has 2 N–H and O–H groups in total. The predicted molar refractivity (Wildman–Crippen MR) is 57.8 cm³/mol. The van der Waals surface area contributed by atoms with E-state index >= 15 is 0 Å². The molecule has 14 heavy (non-hydrogen) atoms. The normalized spacial score (nSPS) is 34.1. The number of hydrogen-bond donors (Lipinski definition) is 1. The van der Waals surface area contributed by atoms with Crippen LogP contribution >= 0.6 is 0 Å². The molecule has 0 aromatic heterocycles. The highest BCUT2D eigenvalue weighted by molar-refractivity contribution is 4.84. The maximum atomic E-state index is 5.96. The SMILES string of the molecule is CN1CCC(N2CC(N)CN2C)CC1. The smallest absolute Gasteiger partial charge is 0.0325 e. The van der Waals surface area contributed by atoms with Crippen LogP contribution in [-0.2, 0) is 0 Å². The quantitative estimate of drug-likeness (QED) is 0.620. The lowest BCUT2D eigenvalue weighted by atomic mass is 10.1. The van der Waals surface area contributed by atoms with Gasteiger partial charge in [0.1, 0.15) is 0 Å². The molecule has 82 valence electrons. The molecule has 0 radical (unpaired) electrons. The van der Waals surface area contributed by atoms with Gasteiger partial charge in [0.2, 0.25) is 0 Å². The highest BCUT2D eigenvalue weighted by atomic mass is 15.7. The summed E-state index contributed by atoms with van der Waals surface area (Å²) < 4.78 is 0. The Labute approximate surface area is 86.6 Å². The minimum Gasteiger partial charge on any atom is -0.325 e. The summed E-state index contributed by atoms with van der Waals surface area (Å²) in [7, 11) is 4.36. The van der Waals surface area contributed by atoms with Crippen molar-refractivity contribution in [3.05, 3.63) is 0 Å². The maximum Gasteiger partial charge on any atom is 0.0325 e. The number of likely N-dealkylation sites (tertiary alicyclic amines) is 1. The molecule has 4 heteroatoms. The second-order valence-corrected chi connectivity index (χ2v) is 4.76. The van der Waals surface area contributed by atoms with Gasteiger partial charge in [-0.3, -0.25) is 0 Å². The average Bonchev–Trinajstić information content (AvgIpc) is 2.47. The van der Waals surface area contributed by atoms with Crippen LogP contribution < -0.4 is 5.73 Å². The lowest BCUT2D eigenvalue weighted by molar-refractivity contribution is -0.0138. The zero-order valence-electron chi connectivity index (χ0n) is 9.32. The molecule has 2 rings (SSSR count). The first-order chi connectivity index (χ1) is 6.66. The number of rotatable bonds is 1. The van der Waals surface area contributed by atoms with E-state index < -0.39 is 0 Å². The van der Waals surface area contributed by atoms with Crippen molar-refractivity contribution in [1.82, 2.24) is 14.9 Å². The Balaban J connectivity index is 1.89. The second kappa shape index (κ2) is 4.14. The van der Waals surface area contributed by atoms with Gasteiger partial charge < -0.3 is 10.6 Å². The van der Waals surface area contributed by atoms with Crippen molar-refractivity contribution in [3.63, 3.8) is 0 Å². The summed E-state index contributed by atoms with van der Waals surface area (Å²) in [5.74, 6) is 0. The number of nitrogens with zero attached hydrogens (tertiary/aromatic N) is 3. The van der Waals surface area contributed by atoms with Crippen LogP contribution in [0.3, 0.4) is 0 Å². The summed E-state index contributed by atoms with van der Waals surface area (Å²) in [6.07, 6.45) is 2.57. The summed E-state index contributed by atoms with van der Waals surface area (Å²) >= 11 is 0. The molecule has 4 nitrogen and oxygen atoms in total. The van der Waals surface area contributed by atoms with Gasteiger partial charge >= 0.3 is 0 Å². The highest BCUT2D eigenvalue weighted by Crippen LogP contribution is 2.20. The number of hydrazine groups is 1. The van der Waals surface area contributed by atoms with Gasteiger partial charge in [0, 0.05) is 32.2 Å². The zero-order chi connectivity index (χ0) is 10.1. The van der Waals surface area contributed by atoms with Crippen LogP contribution in [0.5, 0.6) is 0 Å². The molecule has 2 aliphatic heterocycles. The molecule has 2 heterocycles. The molecule has 0 aromatic carbocycles. The van der Waals surface area contributed by atoms with Crippen molar-refractivity contribution in [2.45, 2.75) is 24.9 Å². The number of piperidine rings is 1. The van der Waals surface area contributed by atoms with Gasteiger partial charge in [-0.25, -0.2) is 10.0 Å². The predicted octanol–water partition coefficient (Wildman–Crippen LogP) is -0.430. The lowest BCUT2D eigenvalue weighted by Gasteiger charge is -2.37. The van der Waals surface area contributed by atoms with Crippen LogP contribution in [0.2, 0.25) is 0 Å². The van der Waals surface area contributed by atoms with Crippen LogP contribution in [0.1, 0.15) is 12.8 Å². The van der Waals surface area contributed by atoms with Crippen molar-refractivity contribution < 1.29 is 0 Å². The van der Waals surface area contributed by atoms with Crippen molar-refractivity contribution in [3.8, 4) is 0 Å². The van der Waals surface area contributed by atoms with Gasteiger partial charge in [-0.1, -0.05) is 0 Å². The monoisotopic (exact) mass is 198 g/mol. The topological polar surface area (TPSA) is 35.7 Å². The Morgan fingerprint density at radius 1 is 1.07 bits per heavy atom. The number of nitrogens with two attached hydrogens (primary N) is 1. The summed E-state index contributed by atoms with van der Waals surface area (Å²) in [6, 6.07) is 1.07. The van der Waals surface area contributed by atoms with Crippen LogP contribution in [0.25, 0.3) is 0 Å². The van der Waals surface area contributed by atoms with E-state index in [4.69, 9.17) is 5.73 Å². The molecular formula is C10H22N4. The summed E-state index contributed by atoms with van der Waals surface area (Å²) in [5.41, 5.74) is 5.96. The molecular weight excluding hydrogens is 176 g/mol. The van der Waals surface area contributed by atoms with Crippen molar-refractivity contribution in [2.24, 2.45) is 5.73 Å². The van der Waals surface area contributed by atoms with Gasteiger partial charge in [-0.15, -0.1) is 0 Å². The Hall–Kier alpha value is -0.160. The van der Waals surface area contributed by atoms with Gasteiger partial charge in [-0.2, -0.15) is 0 Å². The fourth-order valence-corrected chi connectivity index (χ4v) is 2.60. The molecule has 0 spiro atoms. The Morgan fingerprint density at radius 2 is 1.71 bits per heavy atom. The van der Waals surface area contributed by atoms with Gasteiger partial charge in [0.15, 0.2) is 0 Å². The average molecular weight is 198 g/mol. The largest absolute Gasteiger partial charge is 0.325 e. The van der Waals surface area contributed by atoms with Crippen molar-refractivity contribution in [2.75, 3.05) is 40.3 Å². The Morgan fingerprint density at radius 3 is 2.21 bits per heavy atom. The molecule has 2 saturated heterocycles. The van der Waals surface area contributed by atoms with E-state index in [1.54, 1.807) is 0 Å². The first kappa shape index (κ1) is 10.4. The van der Waals surface area contributed by atoms with Gasteiger partial charge in [0.05, 0.1) is 0 Å². The molecule has 2 fully saturated rings. The van der Waals surface area contributed by atoms with E-state index in [0.717, 1.165) is 19.1 Å². The number of likely N-dealkylation sites (N-methyl/N-ethyl adjacent to an activating group) is 1. The third-order valence-corrected chi connectivity index (χ3v) is 3.47. The van der Waals surface area contributed by atoms with Crippen molar-refractivity contribution in [1.29, 1.82) is 0 Å². The summed E-state index contributed by atoms with van der Waals surface area (Å²) in [6.45, 7) is 4.52. The molecule has 0 aliphatic carbocycles. The summed E-state index contributed by atoms with van der Waals surface area (Å²) in [5, 5.41) is 4.78. The fourth-order valence-electron chi connectivity index (χ4n) is 2.60. The third-order valence-electron chi connectivity index (χ3n) is 3.47. The zero-order valence-corrected chi connectivity index (χ0v) is 9.32. The molecule has 0 bridgehead atoms. The van der Waals surface area contributed by atoms with E-state index in [-0.39, 0.29) is 0 Å². The Bertz CT molecular complexity index is 189. The number of hydrogen-bond acceptors (Lipinski definition) is 4. The first-order valence-electron chi connectivity index (χ1n) is 5.58. The first-order valence-corrected chi connectivity index (χ1v) is 5.58. The van der Waals surface area contributed by atoms with E-state index in [1.807, 2.05) is 0 Å². The summed E-state index contributed by atoms with van der Waals surface area (Å²) in [4.78, 5) is 2.41. The fraction of sp³-hybridized carbons (Fsp3) is 1.00. The third kappa shape index (κ3) is 2.08. The molecule has 0 amide bonds. The Kier molecular flexibility index (Phi) is 3.07. The molecule has 1 atom stereocenters.